The van der Waals surface area contributed by atoms with Gasteiger partial charge in [-0.1, -0.05) is 63.3 Å². The van der Waals surface area contributed by atoms with E-state index in [1.807, 2.05) is 12.1 Å². The maximum atomic E-state index is 13.0. The van der Waals surface area contributed by atoms with Gasteiger partial charge in [-0.2, -0.15) is 0 Å². The maximum Gasteiger partial charge on any atom is 0.123 e. The Morgan fingerprint density at radius 3 is 1.83 bits per heavy atom. The van der Waals surface area contributed by atoms with Gasteiger partial charge in [0.05, 0.1) is 0 Å². The molecule has 0 amide bonds. The van der Waals surface area contributed by atoms with Gasteiger partial charge in [-0.3, -0.25) is 0 Å². The number of halogens is 1. The second-order valence-electron chi connectivity index (χ2n) is 9.96. The van der Waals surface area contributed by atoms with E-state index in [9.17, 15) is 4.39 Å². The number of hydrogen-bond donors (Lipinski definition) is 0. The van der Waals surface area contributed by atoms with Crippen molar-refractivity contribution in [1.29, 1.82) is 0 Å². The topological polar surface area (TPSA) is 0 Å². The van der Waals surface area contributed by atoms with Crippen molar-refractivity contribution in [2.75, 3.05) is 0 Å². The molecule has 0 spiro atoms. The summed E-state index contributed by atoms with van der Waals surface area (Å²) < 4.78 is 13.0. The van der Waals surface area contributed by atoms with Gasteiger partial charge in [0.25, 0.3) is 0 Å². The Labute approximate surface area is 179 Å². The first kappa shape index (κ1) is 22.6. The van der Waals surface area contributed by atoms with Crippen molar-refractivity contribution in [1.82, 2.24) is 0 Å². The van der Waals surface area contributed by atoms with Gasteiger partial charge in [0.2, 0.25) is 0 Å². The first-order valence-corrected chi connectivity index (χ1v) is 12.7. The molecule has 0 nitrogen and oxygen atoms in total. The van der Waals surface area contributed by atoms with Crippen LogP contribution >= 0.6 is 0 Å². The molecule has 1 heteroatoms. The largest absolute Gasteiger partial charge is 0.207 e. The fourth-order valence-electron chi connectivity index (χ4n) is 5.53. The Kier molecular flexibility index (Phi) is 9.77. The molecule has 2 aliphatic rings. The van der Waals surface area contributed by atoms with Gasteiger partial charge in [0.15, 0.2) is 0 Å². The molecule has 3 rings (SSSR count). The van der Waals surface area contributed by atoms with Crippen molar-refractivity contribution < 1.29 is 4.39 Å². The molecular weight excluding hydrogens is 355 g/mol. The summed E-state index contributed by atoms with van der Waals surface area (Å²) in [7, 11) is 0. The van der Waals surface area contributed by atoms with Crippen LogP contribution in [0.15, 0.2) is 36.4 Å². The lowest BCUT2D eigenvalue weighted by molar-refractivity contribution is 0.282. The van der Waals surface area contributed by atoms with E-state index in [-0.39, 0.29) is 5.82 Å². The van der Waals surface area contributed by atoms with Crippen molar-refractivity contribution in [2.45, 2.75) is 103 Å². The summed E-state index contributed by atoms with van der Waals surface area (Å²) in [6, 6.07) is 7.08. The quantitative estimate of drug-likeness (QED) is 0.272. The van der Waals surface area contributed by atoms with Crippen LogP contribution in [0, 0.1) is 29.5 Å². The summed E-state index contributed by atoms with van der Waals surface area (Å²) in [6.45, 7) is 2.30. The second-order valence-corrected chi connectivity index (χ2v) is 9.96. The number of benzene rings is 1. The number of rotatable bonds is 10. The molecule has 162 valence electrons. The highest BCUT2D eigenvalue weighted by Crippen LogP contribution is 2.35. The monoisotopic (exact) mass is 398 g/mol. The van der Waals surface area contributed by atoms with Crippen LogP contribution in [-0.2, 0) is 6.42 Å². The normalized spacial score (nSPS) is 28.1. The first-order chi connectivity index (χ1) is 14.2. The summed E-state index contributed by atoms with van der Waals surface area (Å²) in [4.78, 5) is 0. The minimum atomic E-state index is -0.124. The van der Waals surface area contributed by atoms with E-state index in [0.717, 1.165) is 30.1 Å². The van der Waals surface area contributed by atoms with E-state index >= 15 is 0 Å². The molecule has 0 aliphatic heterocycles. The lowest BCUT2D eigenvalue weighted by Gasteiger charge is -2.29. The fraction of sp³-hybridized carbons (Fsp3) is 0.714. The Hall–Kier alpha value is -1.11. The molecule has 2 fully saturated rings. The number of unbranched alkanes of at least 4 members (excludes halogenated alkanes) is 3. The molecule has 0 saturated heterocycles. The molecule has 1 aromatic rings. The molecule has 2 aliphatic carbocycles. The van der Waals surface area contributed by atoms with Crippen molar-refractivity contribution in [3.63, 3.8) is 0 Å². The zero-order chi connectivity index (χ0) is 20.3. The molecule has 0 aromatic heterocycles. The SMILES string of the molecule is CCCCCCC1CCC(C=CC2CCC(CCc3ccc(F)cc3)CC2)CC1. The van der Waals surface area contributed by atoms with Gasteiger partial charge < -0.3 is 0 Å². The standard InChI is InChI=1S/C28H43F/c1-2-3-4-5-6-23-7-9-24(10-8-23)11-12-25-13-15-26(16-14-25)17-18-27-19-21-28(29)22-20-27/h11-12,19-26H,2-10,13-18H2,1H3. The Morgan fingerprint density at radius 1 is 0.724 bits per heavy atom. The third-order valence-corrected chi connectivity index (χ3v) is 7.66. The first-order valence-electron chi connectivity index (χ1n) is 12.7. The molecule has 0 heterocycles. The number of allylic oxidation sites excluding steroid dienone is 2. The smallest absolute Gasteiger partial charge is 0.123 e. The highest BCUT2D eigenvalue weighted by atomic mass is 19.1. The lowest BCUT2D eigenvalue weighted by Crippen LogP contribution is -2.15. The van der Waals surface area contributed by atoms with E-state index in [1.54, 1.807) is 12.1 Å². The molecular formula is C28H43F. The summed E-state index contributed by atoms with van der Waals surface area (Å²) >= 11 is 0. The zero-order valence-corrected chi connectivity index (χ0v) is 18.8. The maximum absolute atomic E-state index is 13.0. The van der Waals surface area contributed by atoms with Crippen LogP contribution in [0.25, 0.3) is 0 Å². The number of aryl methyl sites for hydroxylation is 1. The highest BCUT2D eigenvalue weighted by molar-refractivity contribution is 5.16. The van der Waals surface area contributed by atoms with Gasteiger partial charge in [0, 0.05) is 0 Å². The number of hydrogen-bond acceptors (Lipinski definition) is 0. The van der Waals surface area contributed by atoms with Crippen LogP contribution in [0.1, 0.15) is 102 Å². The average molecular weight is 399 g/mol. The van der Waals surface area contributed by atoms with Gasteiger partial charge in [0.1, 0.15) is 5.82 Å². The van der Waals surface area contributed by atoms with Crippen LogP contribution in [0.4, 0.5) is 4.39 Å². The van der Waals surface area contributed by atoms with Crippen molar-refractivity contribution in [3.8, 4) is 0 Å². The summed E-state index contributed by atoms with van der Waals surface area (Å²) in [6.07, 6.45) is 26.0. The Morgan fingerprint density at radius 2 is 1.28 bits per heavy atom. The molecule has 0 N–H and O–H groups in total. The van der Waals surface area contributed by atoms with E-state index in [4.69, 9.17) is 0 Å². The second kappa shape index (κ2) is 12.6. The Bertz CT molecular complexity index is 571. The molecule has 0 unspecified atom stereocenters. The van der Waals surface area contributed by atoms with Crippen LogP contribution in [-0.4, -0.2) is 0 Å². The van der Waals surface area contributed by atoms with Gasteiger partial charge in [-0.05, 0) is 106 Å². The van der Waals surface area contributed by atoms with Gasteiger partial charge in [-0.15, -0.1) is 0 Å². The average Bonchev–Trinajstić information content (AvgIpc) is 2.76. The lowest BCUT2D eigenvalue weighted by atomic mass is 9.77. The third kappa shape index (κ3) is 8.27. The highest BCUT2D eigenvalue weighted by Gasteiger charge is 2.22. The predicted molar refractivity (Wildman–Crippen MR) is 124 cm³/mol. The van der Waals surface area contributed by atoms with Crippen LogP contribution in [0.2, 0.25) is 0 Å². The fourth-order valence-corrected chi connectivity index (χ4v) is 5.53. The Balaban J connectivity index is 1.27. The summed E-state index contributed by atoms with van der Waals surface area (Å²) in [5, 5.41) is 0. The van der Waals surface area contributed by atoms with E-state index in [2.05, 4.69) is 19.1 Å². The van der Waals surface area contributed by atoms with Gasteiger partial charge >= 0.3 is 0 Å². The van der Waals surface area contributed by atoms with Crippen LogP contribution < -0.4 is 0 Å². The van der Waals surface area contributed by atoms with Gasteiger partial charge in [-0.25, -0.2) is 4.39 Å². The van der Waals surface area contributed by atoms with Crippen molar-refractivity contribution >= 4 is 0 Å². The van der Waals surface area contributed by atoms with E-state index in [0.29, 0.717) is 0 Å². The van der Waals surface area contributed by atoms with Crippen LogP contribution in [0.5, 0.6) is 0 Å². The van der Waals surface area contributed by atoms with Crippen molar-refractivity contribution in [3.05, 3.63) is 47.8 Å². The molecule has 1 aromatic carbocycles. The molecule has 0 bridgehead atoms. The van der Waals surface area contributed by atoms with Crippen molar-refractivity contribution in [2.24, 2.45) is 23.7 Å². The molecule has 0 atom stereocenters. The predicted octanol–water partition coefficient (Wildman–Crippen LogP) is 8.90. The summed E-state index contributed by atoms with van der Waals surface area (Å²) in [5.41, 5.74) is 1.29. The minimum absolute atomic E-state index is 0.124. The van der Waals surface area contributed by atoms with Crippen LogP contribution in [0.3, 0.4) is 0 Å². The third-order valence-electron chi connectivity index (χ3n) is 7.66. The van der Waals surface area contributed by atoms with E-state index < -0.39 is 0 Å². The van der Waals surface area contributed by atoms with E-state index in [1.165, 1.54) is 95.5 Å². The molecule has 29 heavy (non-hydrogen) atoms. The minimum Gasteiger partial charge on any atom is -0.207 e. The molecule has 2 saturated carbocycles. The molecule has 0 radical (unpaired) electrons. The summed E-state index contributed by atoms with van der Waals surface area (Å²) in [5.74, 6) is 3.45. The zero-order valence-electron chi connectivity index (χ0n) is 18.8.